The molecule has 0 spiro atoms. The molecule has 0 atom stereocenters. The van der Waals surface area contributed by atoms with E-state index in [0.29, 0.717) is 11.3 Å². The van der Waals surface area contributed by atoms with Gasteiger partial charge in [-0.15, -0.1) is 0 Å². The largest absolute Gasteiger partial charge is 0.496 e. The molecule has 1 aromatic rings. The first-order valence-corrected chi connectivity index (χ1v) is 4.75. The number of rotatable bonds is 2. The highest BCUT2D eigenvalue weighted by Crippen LogP contribution is 2.34. The first-order chi connectivity index (χ1) is 6.92. The van der Waals surface area contributed by atoms with Crippen LogP contribution in [0.4, 0.5) is 4.39 Å². The minimum absolute atomic E-state index is 0.00544. The number of halogens is 2. The van der Waals surface area contributed by atoms with Crippen molar-refractivity contribution in [3.63, 3.8) is 0 Å². The van der Waals surface area contributed by atoms with Gasteiger partial charge in [-0.3, -0.25) is 0 Å². The molecule has 0 radical (unpaired) electrons. The van der Waals surface area contributed by atoms with E-state index in [2.05, 4.69) is 6.07 Å². The smallest absolute Gasteiger partial charge is 0.145 e. The van der Waals surface area contributed by atoms with Crippen LogP contribution in [0.1, 0.15) is 19.4 Å². The van der Waals surface area contributed by atoms with Crippen LogP contribution in [0.5, 0.6) is 5.75 Å². The Morgan fingerprint density at radius 2 is 2.07 bits per heavy atom. The summed E-state index contributed by atoms with van der Waals surface area (Å²) in [6.45, 7) is 3.44. The van der Waals surface area contributed by atoms with E-state index >= 15 is 0 Å². The molecule has 0 saturated heterocycles. The zero-order valence-electron chi connectivity index (χ0n) is 8.77. The minimum Gasteiger partial charge on any atom is -0.496 e. The van der Waals surface area contributed by atoms with Crippen LogP contribution in [0.25, 0.3) is 0 Å². The van der Waals surface area contributed by atoms with Crippen LogP contribution in [0.3, 0.4) is 0 Å². The molecular weight excluding hydrogens is 217 g/mol. The molecule has 0 bridgehead atoms. The number of hydrogen-bond donors (Lipinski definition) is 0. The molecule has 0 aliphatic carbocycles. The van der Waals surface area contributed by atoms with E-state index < -0.39 is 11.2 Å². The molecule has 0 aromatic heterocycles. The molecule has 4 heteroatoms. The first-order valence-electron chi connectivity index (χ1n) is 4.37. The van der Waals surface area contributed by atoms with Crippen molar-refractivity contribution in [1.82, 2.24) is 0 Å². The third-order valence-corrected chi connectivity index (χ3v) is 2.48. The van der Waals surface area contributed by atoms with Crippen molar-refractivity contribution < 1.29 is 9.13 Å². The normalized spacial score (nSPS) is 10.9. The van der Waals surface area contributed by atoms with Crippen LogP contribution in [0.2, 0.25) is 5.02 Å². The van der Waals surface area contributed by atoms with E-state index in [0.717, 1.165) is 0 Å². The summed E-state index contributed by atoms with van der Waals surface area (Å²) in [5, 5.41) is 8.98. The van der Waals surface area contributed by atoms with E-state index in [-0.39, 0.29) is 5.02 Å². The van der Waals surface area contributed by atoms with Gasteiger partial charge in [0.1, 0.15) is 11.6 Å². The van der Waals surface area contributed by atoms with Crippen molar-refractivity contribution in [3.05, 3.63) is 28.5 Å². The summed E-state index contributed by atoms with van der Waals surface area (Å²) < 4.78 is 18.2. The molecule has 0 unspecified atom stereocenters. The zero-order valence-corrected chi connectivity index (χ0v) is 9.52. The molecule has 0 N–H and O–H groups in total. The third-order valence-electron chi connectivity index (χ3n) is 2.20. The molecule has 1 rings (SSSR count). The molecule has 2 nitrogen and oxygen atoms in total. The van der Waals surface area contributed by atoms with Crippen molar-refractivity contribution in [2.45, 2.75) is 19.3 Å². The second-order valence-corrected chi connectivity index (χ2v) is 4.11. The number of hydrogen-bond acceptors (Lipinski definition) is 2. The van der Waals surface area contributed by atoms with Crippen molar-refractivity contribution in [3.8, 4) is 11.8 Å². The van der Waals surface area contributed by atoms with Gasteiger partial charge in [0, 0.05) is 11.6 Å². The topological polar surface area (TPSA) is 33.0 Å². The summed E-state index contributed by atoms with van der Waals surface area (Å²) in [5.41, 5.74) is -0.179. The number of nitrogens with zero attached hydrogens (tertiary/aromatic N) is 1. The van der Waals surface area contributed by atoms with E-state index in [9.17, 15) is 4.39 Å². The van der Waals surface area contributed by atoms with Gasteiger partial charge >= 0.3 is 0 Å². The van der Waals surface area contributed by atoms with E-state index in [1.54, 1.807) is 13.8 Å². The van der Waals surface area contributed by atoms with Gasteiger partial charge in [-0.05, 0) is 19.9 Å². The van der Waals surface area contributed by atoms with Gasteiger partial charge in [-0.1, -0.05) is 11.6 Å². The summed E-state index contributed by atoms with van der Waals surface area (Å²) in [6.07, 6.45) is 0. The molecule has 0 aliphatic heterocycles. The van der Waals surface area contributed by atoms with Crippen molar-refractivity contribution in [1.29, 1.82) is 5.26 Å². The van der Waals surface area contributed by atoms with E-state index in [1.807, 2.05) is 0 Å². The number of methoxy groups -OCH3 is 1. The van der Waals surface area contributed by atoms with Gasteiger partial charge in [0.15, 0.2) is 0 Å². The Morgan fingerprint density at radius 1 is 1.47 bits per heavy atom. The van der Waals surface area contributed by atoms with Gasteiger partial charge in [-0.2, -0.15) is 5.26 Å². The Kier molecular flexibility index (Phi) is 3.21. The first kappa shape index (κ1) is 11.8. The molecule has 15 heavy (non-hydrogen) atoms. The molecule has 80 valence electrons. The molecule has 0 saturated carbocycles. The SMILES string of the molecule is COc1cc(F)c(Cl)cc1C(C)(C)C#N. The molecular formula is C11H11ClFNO. The second kappa shape index (κ2) is 4.08. The van der Waals surface area contributed by atoms with Gasteiger partial charge in [0.25, 0.3) is 0 Å². The summed E-state index contributed by atoms with van der Waals surface area (Å²) >= 11 is 5.67. The van der Waals surface area contributed by atoms with Crippen LogP contribution in [-0.2, 0) is 5.41 Å². The predicted molar refractivity (Wildman–Crippen MR) is 56.6 cm³/mol. The molecule has 0 amide bonds. The second-order valence-electron chi connectivity index (χ2n) is 3.70. The van der Waals surface area contributed by atoms with Crippen LogP contribution >= 0.6 is 11.6 Å². The standard InChI is InChI=1S/C11H11ClFNO/c1-11(2,6-14)7-4-8(12)9(13)5-10(7)15-3/h4-5H,1-3H3. The highest BCUT2D eigenvalue weighted by atomic mass is 35.5. The molecule has 0 heterocycles. The lowest BCUT2D eigenvalue weighted by Crippen LogP contribution is -2.15. The van der Waals surface area contributed by atoms with E-state index in [4.69, 9.17) is 21.6 Å². The number of ether oxygens (including phenoxy) is 1. The maximum absolute atomic E-state index is 13.1. The van der Waals surface area contributed by atoms with Crippen LogP contribution in [0.15, 0.2) is 12.1 Å². The fourth-order valence-electron chi connectivity index (χ4n) is 1.25. The molecule has 0 fully saturated rings. The molecule has 0 aliphatic rings. The highest BCUT2D eigenvalue weighted by molar-refractivity contribution is 6.30. The fourth-order valence-corrected chi connectivity index (χ4v) is 1.41. The lowest BCUT2D eigenvalue weighted by molar-refractivity contribution is 0.399. The maximum Gasteiger partial charge on any atom is 0.145 e. The Morgan fingerprint density at radius 3 is 2.53 bits per heavy atom. The Balaban J connectivity index is 3.42. The van der Waals surface area contributed by atoms with Crippen molar-refractivity contribution in [2.75, 3.05) is 7.11 Å². The Hall–Kier alpha value is -1.27. The summed E-state index contributed by atoms with van der Waals surface area (Å²) in [5.74, 6) is -0.213. The average Bonchev–Trinajstić information content (AvgIpc) is 2.21. The fraction of sp³-hybridized carbons (Fsp3) is 0.364. The highest BCUT2D eigenvalue weighted by Gasteiger charge is 2.25. The Labute approximate surface area is 93.2 Å². The van der Waals surface area contributed by atoms with Gasteiger partial charge in [0.05, 0.1) is 23.6 Å². The molecule has 1 aromatic carbocycles. The number of benzene rings is 1. The minimum atomic E-state index is -0.761. The van der Waals surface area contributed by atoms with Crippen LogP contribution in [0, 0.1) is 17.1 Å². The number of nitriles is 1. The lowest BCUT2D eigenvalue weighted by Gasteiger charge is -2.19. The Bertz CT molecular complexity index is 423. The van der Waals surface area contributed by atoms with Crippen molar-refractivity contribution >= 4 is 11.6 Å². The van der Waals surface area contributed by atoms with E-state index in [1.165, 1.54) is 19.2 Å². The van der Waals surface area contributed by atoms with Crippen molar-refractivity contribution in [2.24, 2.45) is 0 Å². The van der Waals surface area contributed by atoms with Crippen LogP contribution in [-0.4, -0.2) is 7.11 Å². The summed E-state index contributed by atoms with van der Waals surface area (Å²) in [7, 11) is 1.43. The van der Waals surface area contributed by atoms with Gasteiger partial charge < -0.3 is 4.74 Å². The summed E-state index contributed by atoms with van der Waals surface area (Å²) in [6, 6.07) is 4.74. The average molecular weight is 228 g/mol. The zero-order chi connectivity index (χ0) is 11.6. The monoisotopic (exact) mass is 227 g/mol. The van der Waals surface area contributed by atoms with Gasteiger partial charge in [-0.25, -0.2) is 4.39 Å². The summed E-state index contributed by atoms with van der Waals surface area (Å²) in [4.78, 5) is 0. The quantitative estimate of drug-likeness (QED) is 0.777. The third kappa shape index (κ3) is 2.21. The van der Waals surface area contributed by atoms with Gasteiger partial charge in [0.2, 0.25) is 0 Å². The predicted octanol–water partition coefficient (Wildman–Crippen LogP) is 3.29. The lowest BCUT2D eigenvalue weighted by atomic mass is 9.85. The maximum atomic E-state index is 13.1. The van der Waals surface area contributed by atoms with Crippen LogP contribution < -0.4 is 4.74 Å².